The van der Waals surface area contributed by atoms with Crippen molar-refractivity contribution in [1.82, 2.24) is 4.90 Å². The molecule has 0 radical (unpaired) electrons. The predicted molar refractivity (Wildman–Crippen MR) is 86.7 cm³/mol. The van der Waals surface area contributed by atoms with E-state index in [1.54, 1.807) is 0 Å². The van der Waals surface area contributed by atoms with Crippen LogP contribution in [0.15, 0.2) is 24.3 Å². The van der Waals surface area contributed by atoms with Crippen LogP contribution < -0.4 is 0 Å². The Hall–Kier alpha value is -1.39. The lowest BCUT2D eigenvalue weighted by Gasteiger charge is -2.28. The molecular formula is C18H27NO3. The Kier molecular flexibility index (Phi) is 6.40. The lowest BCUT2D eigenvalue weighted by Crippen LogP contribution is -2.40. The number of ether oxygens (including phenoxy) is 2. The number of amides is 1. The molecule has 0 N–H and O–H groups in total. The summed E-state index contributed by atoms with van der Waals surface area (Å²) in [6, 6.07) is 8.48. The maximum absolute atomic E-state index is 12.5. The van der Waals surface area contributed by atoms with Gasteiger partial charge in [0.1, 0.15) is 6.61 Å². The number of benzene rings is 1. The van der Waals surface area contributed by atoms with E-state index in [1.165, 1.54) is 5.56 Å². The number of carbonyl (C=O) groups is 1. The fourth-order valence-electron chi connectivity index (χ4n) is 2.56. The standard InChI is InChI=1S/C18H27NO3/c1-14(2)19(12-16-6-4-15(3)5-7-16)18(20)13-22-17-8-10-21-11-9-17/h4-7,14,17H,8-13H2,1-3H3. The van der Waals surface area contributed by atoms with E-state index in [4.69, 9.17) is 9.47 Å². The van der Waals surface area contributed by atoms with Crippen LogP contribution in [0.25, 0.3) is 0 Å². The third kappa shape index (κ3) is 5.11. The molecule has 0 unspecified atom stereocenters. The molecule has 1 aromatic carbocycles. The Morgan fingerprint density at radius 1 is 1.27 bits per heavy atom. The van der Waals surface area contributed by atoms with Gasteiger partial charge in [0, 0.05) is 25.8 Å². The zero-order chi connectivity index (χ0) is 15.9. The second-order valence-electron chi connectivity index (χ2n) is 6.22. The minimum atomic E-state index is 0.0575. The molecule has 1 saturated heterocycles. The fraction of sp³-hybridized carbons (Fsp3) is 0.611. The van der Waals surface area contributed by atoms with Crippen molar-refractivity contribution in [3.8, 4) is 0 Å². The number of rotatable bonds is 6. The summed E-state index contributed by atoms with van der Waals surface area (Å²) in [7, 11) is 0. The SMILES string of the molecule is Cc1ccc(CN(C(=O)COC2CCOCC2)C(C)C)cc1. The molecule has 2 rings (SSSR count). The minimum Gasteiger partial charge on any atom is -0.381 e. The van der Waals surface area contributed by atoms with Crippen molar-refractivity contribution in [2.45, 2.75) is 52.3 Å². The third-order valence-corrected chi connectivity index (χ3v) is 4.03. The zero-order valence-corrected chi connectivity index (χ0v) is 13.9. The predicted octanol–water partition coefficient (Wildman–Crippen LogP) is 2.93. The van der Waals surface area contributed by atoms with Gasteiger partial charge in [-0.3, -0.25) is 4.79 Å². The first-order valence-electron chi connectivity index (χ1n) is 8.10. The number of aryl methyl sites for hydroxylation is 1. The maximum Gasteiger partial charge on any atom is 0.249 e. The Morgan fingerprint density at radius 2 is 1.91 bits per heavy atom. The van der Waals surface area contributed by atoms with Crippen molar-refractivity contribution < 1.29 is 14.3 Å². The van der Waals surface area contributed by atoms with E-state index in [-0.39, 0.29) is 24.7 Å². The van der Waals surface area contributed by atoms with Gasteiger partial charge in [-0.1, -0.05) is 29.8 Å². The molecule has 122 valence electrons. The van der Waals surface area contributed by atoms with Crippen LogP contribution >= 0.6 is 0 Å². The second kappa shape index (κ2) is 8.30. The Balaban J connectivity index is 1.88. The number of hydrogen-bond acceptors (Lipinski definition) is 3. The van der Waals surface area contributed by atoms with Crippen molar-refractivity contribution in [3.05, 3.63) is 35.4 Å². The smallest absolute Gasteiger partial charge is 0.249 e. The summed E-state index contributed by atoms with van der Waals surface area (Å²) in [6.07, 6.45) is 1.92. The molecule has 1 fully saturated rings. The van der Waals surface area contributed by atoms with Crippen LogP contribution in [0.2, 0.25) is 0 Å². The average molecular weight is 305 g/mol. The molecule has 0 aliphatic carbocycles. The van der Waals surface area contributed by atoms with E-state index in [0.717, 1.165) is 31.6 Å². The van der Waals surface area contributed by atoms with Gasteiger partial charge in [0.2, 0.25) is 5.91 Å². The van der Waals surface area contributed by atoms with Gasteiger partial charge < -0.3 is 14.4 Å². The van der Waals surface area contributed by atoms with Crippen LogP contribution in [0.3, 0.4) is 0 Å². The molecule has 0 spiro atoms. The molecule has 4 heteroatoms. The largest absolute Gasteiger partial charge is 0.381 e. The highest BCUT2D eigenvalue weighted by Crippen LogP contribution is 2.13. The summed E-state index contributed by atoms with van der Waals surface area (Å²) in [4.78, 5) is 14.3. The lowest BCUT2D eigenvalue weighted by atomic mass is 10.1. The van der Waals surface area contributed by atoms with E-state index in [9.17, 15) is 4.79 Å². The molecule has 0 bridgehead atoms. The van der Waals surface area contributed by atoms with Crippen LogP contribution in [-0.2, 0) is 20.8 Å². The quantitative estimate of drug-likeness (QED) is 0.811. The summed E-state index contributed by atoms with van der Waals surface area (Å²) in [6.45, 7) is 8.41. The summed E-state index contributed by atoms with van der Waals surface area (Å²) >= 11 is 0. The van der Waals surface area contributed by atoms with Gasteiger partial charge in [-0.05, 0) is 39.2 Å². The molecule has 1 heterocycles. The van der Waals surface area contributed by atoms with Crippen molar-refractivity contribution in [3.63, 3.8) is 0 Å². The van der Waals surface area contributed by atoms with Gasteiger partial charge >= 0.3 is 0 Å². The van der Waals surface area contributed by atoms with E-state index in [2.05, 4.69) is 31.2 Å². The van der Waals surface area contributed by atoms with Gasteiger partial charge in [-0.15, -0.1) is 0 Å². The van der Waals surface area contributed by atoms with Crippen LogP contribution in [-0.4, -0.2) is 42.8 Å². The zero-order valence-electron chi connectivity index (χ0n) is 13.9. The molecule has 0 atom stereocenters. The lowest BCUT2D eigenvalue weighted by molar-refractivity contribution is -0.142. The molecular weight excluding hydrogens is 278 g/mol. The van der Waals surface area contributed by atoms with Crippen LogP contribution in [0.5, 0.6) is 0 Å². The molecule has 22 heavy (non-hydrogen) atoms. The summed E-state index contributed by atoms with van der Waals surface area (Å²) in [5.74, 6) is 0.0575. The van der Waals surface area contributed by atoms with Crippen molar-refractivity contribution in [2.24, 2.45) is 0 Å². The highest BCUT2D eigenvalue weighted by molar-refractivity contribution is 5.77. The van der Waals surface area contributed by atoms with E-state index in [1.807, 2.05) is 18.7 Å². The number of nitrogens with zero attached hydrogens (tertiary/aromatic N) is 1. The topological polar surface area (TPSA) is 38.8 Å². The molecule has 1 aliphatic heterocycles. The summed E-state index contributed by atoms with van der Waals surface area (Å²) < 4.78 is 11.1. The van der Waals surface area contributed by atoms with Gasteiger partial charge in [-0.2, -0.15) is 0 Å². The van der Waals surface area contributed by atoms with E-state index < -0.39 is 0 Å². The molecule has 1 aromatic rings. The Bertz CT molecular complexity index is 464. The first-order chi connectivity index (χ1) is 10.6. The van der Waals surface area contributed by atoms with Crippen molar-refractivity contribution in [2.75, 3.05) is 19.8 Å². The van der Waals surface area contributed by atoms with Crippen molar-refractivity contribution in [1.29, 1.82) is 0 Å². The van der Waals surface area contributed by atoms with Crippen molar-refractivity contribution >= 4 is 5.91 Å². The first-order valence-corrected chi connectivity index (χ1v) is 8.10. The van der Waals surface area contributed by atoms with Gasteiger partial charge in [-0.25, -0.2) is 0 Å². The molecule has 1 aliphatic rings. The third-order valence-electron chi connectivity index (χ3n) is 4.03. The molecule has 0 saturated carbocycles. The monoisotopic (exact) mass is 305 g/mol. The van der Waals surface area contributed by atoms with Crippen LogP contribution in [0.1, 0.15) is 37.8 Å². The van der Waals surface area contributed by atoms with Crippen LogP contribution in [0.4, 0.5) is 0 Å². The fourth-order valence-corrected chi connectivity index (χ4v) is 2.56. The van der Waals surface area contributed by atoms with E-state index in [0.29, 0.717) is 6.54 Å². The van der Waals surface area contributed by atoms with E-state index >= 15 is 0 Å². The van der Waals surface area contributed by atoms with Gasteiger partial charge in [0.05, 0.1) is 6.10 Å². The average Bonchev–Trinajstić information content (AvgIpc) is 2.52. The Morgan fingerprint density at radius 3 is 2.50 bits per heavy atom. The Labute approximate surface area is 133 Å². The minimum absolute atomic E-state index is 0.0575. The highest BCUT2D eigenvalue weighted by Gasteiger charge is 2.20. The summed E-state index contributed by atoms with van der Waals surface area (Å²) in [5, 5.41) is 0. The van der Waals surface area contributed by atoms with Gasteiger partial charge in [0.15, 0.2) is 0 Å². The number of carbonyl (C=O) groups excluding carboxylic acids is 1. The van der Waals surface area contributed by atoms with Crippen LogP contribution in [0, 0.1) is 6.92 Å². The molecule has 1 amide bonds. The second-order valence-corrected chi connectivity index (χ2v) is 6.22. The number of hydrogen-bond donors (Lipinski definition) is 0. The summed E-state index contributed by atoms with van der Waals surface area (Å²) in [5.41, 5.74) is 2.38. The maximum atomic E-state index is 12.5. The molecule has 0 aromatic heterocycles. The molecule has 4 nitrogen and oxygen atoms in total. The normalized spacial score (nSPS) is 16.0. The first kappa shape index (κ1) is 17.0. The highest BCUT2D eigenvalue weighted by atomic mass is 16.5. The van der Waals surface area contributed by atoms with Gasteiger partial charge in [0.25, 0.3) is 0 Å².